The minimum atomic E-state index is -0.566. The van der Waals surface area contributed by atoms with Gasteiger partial charge in [0.1, 0.15) is 24.0 Å². The predicted octanol–water partition coefficient (Wildman–Crippen LogP) is 4.11. The fraction of sp³-hybridized carbons (Fsp3) is 0.348. The Morgan fingerprint density at radius 3 is 2.55 bits per heavy atom. The molecule has 0 radical (unpaired) electrons. The number of aromatic nitrogens is 1. The minimum absolute atomic E-state index is 0.0172. The largest absolute Gasteiger partial charge is 0.494 e. The van der Waals surface area contributed by atoms with Crippen LogP contribution in [0.2, 0.25) is 0 Å². The molecule has 1 aromatic heterocycles. The Kier molecular flexibility index (Phi) is 7.79. The molecule has 0 atom stereocenters. The Morgan fingerprint density at radius 2 is 1.97 bits per heavy atom. The van der Waals surface area contributed by atoms with Gasteiger partial charge in [0.2, 0.25) is 5.88 Å². The number of carbonyl (C=O) groups excluding carboxylic acids is 1. The topological polar surface area (TPSA) is 92.3 Å². The summed E-state index contributed by atoms with van der Waals surface area (Å²) in [5.74, 6) is -0.255. The van der Waals surface area contributed by atoms with Crippen molar-refractivity contribution in [3.63, 3.8) is 0 Å². The van der Waals surface area contributed by atoms with Gasteiger partial charge in [-0.25, -0.2) is 0 Å². The van der Waals surface area contributed by atoms with Crippen LogP contribution in [0.1, 0.15) is 59.7 Å². The molecule has 0 spiro atoms. The maximum absolute atomic E-state index is 13.1. The third-order valence-corrected chi connectivity index (χ3v) is 4.75. The van der Waals surface area contributed by atoms with E-state index in [9.17, 15) is 20.0 Å². The summed E-state index contributed by atoms with van der Waals surface area (Å²) in [5.41, 5.74) is -0.182. The number of aromatic hydroxyl groups is 1. The molecule has 2 rings (SSSR count). The fourth-order valence-electron chi connectivity index (χ4n) is 3.13. The number of hydrogen-bond acceptors (Lipinski definition) is 5. The van der Waals surface area contributed by atoms with Gasteiger partial charge in [-0.1, -0.05) is 38.8 Å². The van der Waals surface area contributed by atoms with E-state index < -0.39 is 11.3 Å². The van der Waals surface area contributed by atoms with Crippen molar-refractivity contribution in [2.45, 2.75) is 46.1 Å². The standard InChI is InChI=1S/C23H26N2O4/c1-4-6-7-8-13-25-22(27)19(15-24)16(3)20(23(25)28)21(26)17-9-11-18(12-10-17)29-14-5-2/h5,9-12,28H,2,4,6-8,13-14H2,1,3H3. The van der Waals surface area contributed by atoms with E-state index in [0.717, 1.165) is 23.8 Å². The lowest BCUT2D eigenvalue weighted by molar-refractivity contribution is 0.103. The maximum atomic E-state index is 13.1. The van der Waals surface area contributed by atoms with Gasteiger partial charge in [0.05, 0.1) is 5.56 Å². The molecule has 0 saturated carbocycles. The summed E-state index contributed by atoms with van der Waals surface area (Å²) in [6.07, 6.45) is 5.24. The SMILES string of the molecule is C=CCOc1ccc(C(=O)c2c(C)c(C#N)c(=O)n(CCCCCC)c2O)cc1. The number of unbranched alkanes of at least 4 members (excludes halogenated alkanes) is 3. The van der Waals surface area contributed by atoms with Crippen LogP contribution in [0.25, 0.3) is 0 Å². The second-order valence-electron chi connectivity index (χ2n) is 6.78. The second kappa shape index (κ2) is 10.3. The number of nitriles is 1. The van der Waals surface area contributed by atoms with Crippen LogP contribution in [0, 0.1) is 18.3 Å². The van der Waals surface area contributed by atoms with E-state index in [2.05, 4.69) is 13.5 Å². The zero-order valence-electron chi connectivity index (χ0n) is 16.9. The molecule has 152 valence electrons. The molecule has 0 saturated heterocycles. The number of benzene rings is 1. The molecule has 1 N–H and O–H groups in total. The Morgan fingerprint density at radius 1 is 1.28 bits per heavy atom. The van der Waals surface area contributed by atoms with Gasteiger partial charge in [-0.15, -0.1) is 0 Å². The van der Waals surface area contributed by atoms with Crippen LogP contribution in [-0.2, 0) is 6.54 Å². The Balaban J connectivity index is 2.45. The highest BCUT2D eigenvalue weighted by molar-refractivity contribution is 6.11. The van der Waals surface area contributed by atoms with Crippen LogP contribution < -0.4 is 10.3 Å². The van der Waals surface area contributed by atoms with Crippen molar-refractivity contribution in [3.8, 4) is 17.7 Å². The Hall–Kier alpha value is -3.33. The lowest BCUT2D eigenvalue weighted by Gasteiger charge is -2.15. The maximum Gasteiger partial charge on any atom is 0.271 e. The van der Waals surface area contributed by atoms with E-state index in [4.69, 9.17) is 4.74 Å². The highest BCUT2D eigenvalue weighted by atomic mass is 16.5. The predicted molar refractivity (Wildman–Crippen MR) is 112 cm³/mol. The first kappa shape index (κ1) is 22.0. The van der Waals surface area contributed by atoms with Crippen LogP contribution in [0.15, 0.2) is 41.7 Å². The van der Waals surface area contributed by atoms with Crippen molar-refractivity contribution in [2.24, 2.45) is 0 Å². The molecule has 6 nitrogen and oxygen atoms in total. The summed E-state index contributed by atoms with van der Waals surface area (Å²) in [4.78, 5) is 25.7. The third-order valence-electron chi connectivity index (χ3n) is 4.75. The van der Waals surface area contributed by atoms with E-state index >= 15 is 0 Å². The zero-order valence-corrected chi connectivity index (χ0v) is 16.9. The van der Waals surface area contributed by atoms with Gasteiger partial charge in [0, 0.05) is 12.1 Å². The molecule has 0 aliphatic carbocycles. The molecular weight excluding hydrogens is 368 g/mol. The van der Waals surface area contributed by atoms with Crippen molar-refractivity contribution in [1.29, 1.82) is 5.26 Å². The molecule has 0 aliphatic rings. The summed E-state index contributed by atoms with van der Waals surface area (Å²) < 4.78 is 6.55. The number of rotatable bonds is 10. The normalized spacial score (nSPS) is 10.4. The minimum Gasteiger partial charge on any atom is -0.494 e. The van der Waals surface area contributed by atoms with E-state index in [1.54, 1.807) is 30.3 Å². The monoisotopic (exact) mass is 394 g/mol. The van der Waals surface area contributed by atoms with Crippen molar-refractivity contribution >= 4 is 5.78 Å². The van der Waals surface area contributed by atoms with Gasteiger partial charge in [-0.05, 0) is 43.2 Å². The van der Waals surface area contributed by atoms with E-state index in [1.165, 1.54) is 6.92 Å². The second-order valence-corrected chi connectivity index (χ2v) is 6.78. The summed E-state index contributed by atoms with van der Waals surface area (Å²) >= 11 is 0. The number of ether oxygens (including phenoxy) is 1. The molecule has 0 unspecified atom stereocenters. The lowest BCUT2D eigenvalue weighted by Crippen LogP contribution is -2.27. The Bertz CT molecular complexity index is 982. The molecule has 0 amide bonds. The number of ketones is 1. The lowest BCUT2D eigenvalue weighted by atomic mass is 9.97. The average Bonchev–Trinajstić information content (AvgIpc) is 2.72. The van der Waals surface area contributed by atoms with Crippen LogP contribution in [-0.4, -0.2) is 22.1 Å². The van der Waals surface area contributed by atoms with Gasteiger partial charge in [-0.2, -0.15) is 5.26 Å². The Labute approximate surface area is 170 Å². The summed E-state index contributed by atoms with van der Waals surface area (Å²) in [6.45, 7) is 7.78. The van der Waals surface area contributed by atoms with Crippen LogP contribution in [0.4, 0.5) is 0 Å². The number of hydrogen-bond donors (Lipinski definition) is 1. The van der Waals surface area contributed by atoms with Gasteiger partial charge in [0.15, 0.2) is 5.78 Å². The molecule has 29 heavy (non-hydrogen) atoms. The smallest absolute Gasteiger partial charge is 0.271 e. The van der Waals surface area contributed by atoms with E-state index in [0.29, 0.717) is 24.3 Å². The zero-order chi connectivity index (χ0) is 21.4. The fourth-order valence-corrected chi connectivity index (χ4v) is 3.13. The highest BCUT2D eigenvalue weighted by Crippen LogP contribution is 2.26. The summed E-state index contributed by atoms with van der Waals surface area (Å²) in [5, 5.41) is 20.2. The van der Waals surface area contributed by atoms with Gasteiger partial charge in [-0.3, -0.25) is 14.2 Å². The van der Waals surface area contributed by atoms with Gasteiger partial charge < -0.3 is 9.84 Å². The van der Waals surface area contributed by atoms with Gasteiger partial charge >= 0.3 is 0 Å². The van der Waals surface area contributed by atoms with E-state index in [1.807, 2.05) is 6.07 Å². The van der Waals surface area contributed by atoms with Crippen molar-refractivity contribution < 1.29 is 14.6 Å². The molecule has 2 aromatic rings. The molecular formula is C23H26N2O4. The van der Waals surface area contributed by atoms with Crippen molar-refractivity contribution in [1.82, 2.24) is 4.57 Å². The molecule has 0 aliphatic heterocycles. The van der Waals surface area contributed by atoms with Gasteiger partial charge in [0.25, 0.3) is 5.56 Å². The molecule has 6 heteroatoms. The van der Waals surface area contributed by atoms with Crippen LogP contribution >= 0.6 is 0 Å². The number of nitrogens with zero attached hydrogens (tertiary/aromatic N) is 2. The number of carbonyl (C=O) groups is 1. The first-order valence-corrected chi connectivity index (χ1v) is 9.71. The summed E-state index contributed by atoms with van der Waals surface area (Å²) in [6, 6.07) is 8.35. The van der Waals surface area contributed by atoms with Crippen LogP contribution in [0.3, 0.4) is 0 Å². The third kappa shape index (κ3) is 4.94. The molecule has 0 bridgehead atoms. The first-order chi connectivity index (χ1) is 14.0. The number of pyridine rings is 1. The average molecular weight is 394 g/mol. The molecule has 1 heterocycles. The summed E-state index contributed by atoms with van der Waals surface area (Å²) in [7, 11) is 0. The first-order valence-electron chi connectivity index (χ1n) is 9.71. The highest BCUT2D eigenvalue weighted by Gasteiger charge is 2.24. The van der Waals surface area contributed by atoms with Crippen LogP contribution in [0.5, 0.6) is 11.6 Å². The van der Waals surface area contributed by atoms with E-state index in [-0.39, 0.29) is 29.1 Å². The molecule has 1 aromatic carbocycles. The van der Waals surface area contributed by atoms with Crippen molar-refractivity contribution in [2.75, 3.05) is 6.61 Å². The van der Waals surface area contributed by atoms with Crippen molar-refractivity contribution in [3.05, 3.63) is 69.5 Å². The quantitative estimate of drug-likeness (QED) is 0.372. The molecule has 0 fully saturated rings.